The molecule has 122 valence electrons. The highest BCUT2D eigenvalue weighted by molar-refractivity contribution is 6.30. The summed E-state index contributed by atoms with van der Waals surface area (Å²) in [5, 5.41) is 3.23. The predicted octanol–water partition coefficient (Wildman–Crippen LogP) is 2.34. The first-order valence-electron chi connectivity index (χ1n) is 7.11. The van der Waals surface area contributed by atoms with E-state index in [1.165, 1.54) is 4.90 Å². The van der Waals surface area contributed by atoms with Crippen molar-refractivity contribution in [3.8, 4) is 5.75 Å². The molecule has 5 nitrogen and oxygen atoms in total. The lowest BCUT2D eigenvalue weighted by Gasteiger charge is -2.20. The fourth-order valence-corrected chi connectivity index (χ4v) is 1.72. The Morgan fingerprint density at radius 1 is 1.32 bits per heavy atom. The number of ether oxygens (including phenoxy) is 1. The molecule has 0 fully saturated rings. The topological polar surface area (TPSA) is 58.6 Å². The molecular formula is C16H23ClN2O3. The molecule has 0 atom stereocenters. The van der Waals surface area contributed by atoms with Gasteiger partial charge in [-0.3, -0.25) is 9.59 Å². The van der Waals surface area contributed by atoms with Gasteiger partial charge in [0, 0.05) is 17.5 Å². The summed E-state index contributed by atoms with van der Waals surface area (Å²) >= 11 is 5.86. The largest absolute Gasteiger partial charge is 0.492 e. The molecule has 6 heteroatoms. The van der Waals surface area contributed by atoms with Gasteiger partial charge in [0.2, 0.25) is 11.8 Å². The van der Waals surface area contributed by atoms with Gasteiger partial charge in [0.15, 0.2) is 0 Å². The molecule has 1 aromatic carbocycles. The summed E-state index contributed by atoms with van der Waals surface area (Å²) in [4.78, 5) is 25.1. The van der Waals surface area contributed by atoms with E-state index in [4.69, 9.17) is 16.3 Å². The Hall–Kier alpha value is -1.75. The minimum Gasteiger partial charge on any atom is -0.492 e. The van der Waals surface area contributed by atoms with Crippen LogP contribution in [0.15, 0.2) is 24.3 Å². The Morgan fingerprint density at radius 2 is 2.00 bits per heavy atom. The van der Waals surface area contributed by atoms with Crippen LogP contribution in [0.2, 0.25) is 5.02 Å². The number of halogens is 1. The zero-order valence-electron chi connectivity index (χ0n) is 13.5. The molecule has 0 radical (unpaired) electrons. The van der Waals surface area contributed by atoms with E-state index in [1.54, 1.807) is 52.1 Å². The summed E-state index contributed by atoms with van der Waals surface area (Å²) in [5.41, 5.74) is -0.505. The second kappa shape index (κ2) is 8.03. The van der Waals surface area contributed by atoms with Gasteiger partial charge in [-0.1, -0.05) is 38.4 Å². The van der Waals surface area contributed by atoms with Crippen LogP contribution in [0.5, 0.6) is 5.75 Å². The van der Waals surface area contributed by atoms with Crippen LogP contribution in [0.25, 0.3) is 0 Å². The van der Waals surface area contributed by atoms with Gasteiger partial charge in [-0.05, 0) is 18.2 Å². The minimum absolute atomic E-state index is 0.0102. The zero-order valence-corrected chi connectivity index (χ0v) is 14.2. The van der Waals surface area contributed by atoms with E-state index < -0.39 is 5.41 Å². The van der Waals surface area contributed by atoms with Gasteiger partial charge in [0.05, 0.1) is 13.1 Å². The first-order valence-corrected chi connectivity index (χ1v) is 7.48. The normalized spacial score (nSPS) is 11.0. The lowest BCUT2D eigenvalue weighted by Crippen LogP contribution is -2.43. The predicted molar refractivity (Wildman–Crippen MR) is 87.0 cm³/mol. The first-order chi connectivity index (χ1) is 10.2. The lowest BCUT2D eigenvalue weighted by molar-refractivity contribution is -0.134. The van der Waals surface area contributed by atoms with Crippen molar-refractivity contribution in [1.82, 2.24) is 10.2 Å². The van der Waals surface area contributed by atoms with Gasteiger partial charge in [0.1, 0.15) is 12.4 Å². The zero-order chi connectivity index (χ0) is 16.8. The molecule has 0 saturated heterocycles. The molecule has 1 rings (SSSR count). The smallest absolute Gasteiger partial charge is 0.241 e. The van der Waals surface area contributed by atoms with Crippen molar-refractivity contribution >= 4 is 23.4 Å². The third kappa shape index (κ3) is 6.35. The number of hydrogen-bond acceptors (Lipinski definition) is 3. The number of carbonyl (C=O) groups is 2. The van der Waals surface area contributed by atoms with E-state index in [1.807, 2.05) is 0 Å². The van der Waals surface area contributed by atoms with Crippen molar-refractivity contribution in [2.75, 3.05) is 26.7 Å². The fraction of sp³-hybridized carbons (Fsp3) is 0.500. The maximum Gasteiger partial charge on any atom is 0.241 e. The van der Waals surface area contributed by atoms with Crippen LogP contribution in [0.4, 0.5) is 0 Å². The van der Waals surface area contributed by atoms with Crippen LogP contribution in [0.1, 0.15) is 20.8 Å². The number of amides is 2. The third-order valence-electron chi connectivity index (χ3n) is 3.00. The maximum atomic E-state index is 11.9. The Morgan fingerprint density at radius 3 is 2.59 bits per heavy atom. The highest BCUT2D eigenvalue weighted by atomic mass is 35.5. The molecule has 0 spiro atoms. The van der Waals surface area contributed by atoms with Gasteiger partial charge < -0.3 is 15.0 Å². The average Bonchev–Trinajstić information content (AvgIpc) is 2.43. The number of nitrogens with one attached hydrogen (secondary N) is 1. The Labute approximate surface area is 136 Å². The van der Waals surface area contributed by atoms with Crippen molar-refractivity contribution in [3.05, 3.63) is 29.3 Å². The van der Waals surface area contributed by atoms with Gasteiger partial charge in [-0.25, -0.2) is 0 Å². The van der Waals surface area contributed by atoms with Crippen molar-refractivity contribution < 1.29 is 14.3 Å². The van der Waals surface area contributed by atoms with E-state index in [0.717, 1.165) is 0 Å². The molecule has 1 N–H and O–H groups in total. The number of likely N-dealkylation sites (N-methyl/N-ethyl adjacent to an activating group) is 1. The Bertz CT molecular complexity index is 526. The van der Waals surface area contributed by atoms with Crippen LogP contribution in [0.3, 0.4) is 0 Å². The fourth-order valence-electron chi connectivity index (χ4n) is 1.54. The molecule has 0 aliphatic carbocycles. The second-order valence-electron chi connectivity index (χ2n) is 6.05. The molecule has 0 aliphatic heterocycles. The first kappa shape index (κ1) is 18.3. The third-order valence-corrected chi connectivity index (χ3v) is 3.23. The highest BCUT2D eigenvalue weighted by Crippen LogP contribution is 2.16. The lowest BCUT2D eigenvalue weighted by atomic mass is 9.96. The van der Waals surface area contributed by atoms with Crippen molar-refractivity contribution in [3.63, 3.8) is 0 Å². The maximum absolute atomic E-state index is 11.9. The summed E-state index contributed by atoms with van der Waals surface area (Å²) < 4.78 is 5.52. The molecule has 0 bridgehead atoms. The number of rotatable bonds is 6. The van der Waals surface area contributed by atoms with Crippen LogP contribution in [0, 0.1) is 5.41 Å². The molecule has 1 aromatic rings. The van der Waals surface area contributed by atoms with E-state index in [2.05, 4.69) is 5.32 Å². The monoisotopic (exact) mass is 326 g/mol. The van der Waals surface area contributed by atoms with Crippen molar-refractivity contribution in [2.45, 2.75) is 20.8 Å². The summed E-state index contributed by atoms with van der Waals surface area (Å²) in [6.45, 7) is 6.18. The van der Waals surface area contributed by atoms with Crippen LogP contribution >= 0.6 is 11.6 Å². The van der Waals surface area contributed by atoms with Gasteiger partial charge >= 0.3 is 0 Å². The van der Waals surface area contributed by atoms with E-state index in [-0.39, 0.29) is 18.4 Å². The summed E-state index contributed by atoms with van der Waals surface area (Å²) in [7, 11) is 1.67. The standard InChI is InChI=1S/C16H23ClN2O3/c1-16(2,3)15(21)18-11-14(20)19(4)8-9-22-13-7-5-6-12(17)10-13/h5-7,10H,8-9,11H2,1-4H3,(H,18,21). The van der Waals surface area contributed by atoms with Crippen LogP contribution < -0.4 is 10.1 Å². The molecule has 0 unspecified atom stereocenters. The van der Waals surface area contributed by atoms with Crippen molar-refractivity contribution in [1.29, 1.82) is 0 Å². The number of benzene rings is 1. The second-order valence-corrected chi connectivity index (χ2v) is 6.49. The van der Waals surface area contributed by atoms with E-state index in [9.17, 15) is 9.59 Å². The van der Waals surface area contributed by atoms with Crippen LogP contribution in [-0.4, -0.2) is 43.5 Å². The summed E-state index contributed by atoms with van der Waals surface area (Å²) in [5.74, 6) is 0.353. The quantitative estimate of drug-likeness (QED) is 0.873. The molecule has 0 aromatic heterocycles. The van der Waals surface area contributed by atoms with E-state index in [0.29, 0.717) is 23.9 Å². The Balaban J connectivity index is 2.31. The average molecular weight is 327 g/mol. The molecule has 2 amide bonds. The van der Waals surface area contributed by atoms with Crippen molar-refractivity contribution in [2.24, 2.45) is 5.41 Å². The summed E-state index contributed by atoms with van der Waals surface area (Å²) in [6.07, 6.45) is 0. The van der Waals surface area contributed by atoms with E-state index >= 15 is 0 Å². The van der Waals surface area contributed by atoms with Gasteiger partial charge in [-0.15, -0.1) is 0 Å². The highest BCUT2D eigenvalue weighted by Gasteiger charge is 2.22. The SMILES string of the molecule is CN(CCOc1cccc(Cl)c1)C(=O)CNC(=O)C(C)(C)C. The molecule has 0 aliphatic rings. The Kier molecular flexibility index (Phi) is 6.68. The number of carbonyl (C=O) groups excluding carboxylic acids is 2. The molecule has 0 heterocycles. The van der Waals surface area contributed by atoms with Gasteiger partial charge in [-0.2, -0.15) is 0 Å². The molecule has 0 saturated carbocycles. The molecule has 22 heavy (non-hydrogen) atoms. The number of nitrogens with zero attached hydrogens (tertiary/aromatic N) is 1. The van der Waals surface area contributed by atoms with Crippen LogP contribution in [-0.2, 0) is 9.59 Å². The summed E-state index contributed by atoms with van der Waals surface area (Å²) in [6, 6.07) is 7.08. The van der Waals surface area contributed by atoms with Gasteiger partial charge in [0.25, 0.3) is 0 Å². The minimum atomic E-state index is -0.505. The molecular weight excluding hydrogens is 304 g/mol. The number of hydrogen-bond donors (Lipinski definition) is 1.